The van der Waals surface area contributed by atoms with E-state index < -0.39 is 0 Å². The van der Waals surface area contributed by atoms with Gasteiger partial charge in [0.1, 0.15) is 6.10 Å². The van der Waals surface area contributed by atoms with Gasteiger partial charge in [-0.3, -0.25) is 0 Å². The molecule has 1 fully saturated rings. The van der Waals surface area contributed by atoms with Crippen LogP contribution in [0, 0.1) is 0 Å². The van der Waals surface area contributed by atoms with E-state index in [0.29, 0.717) is 0 Å². The SMILES string of the molecule is OC(=S)[C@H]1CCCO1. The topological polar surface area (TPSA) is 29.5 Å². The number of hydrogen-bond donors (Lipinski definition) is 1. The lowest BCUT2D eigenvalue weighted by molar-refractivity contribution is 0.147. The summed E-state index contributed by atoms with van der Waals surface area (Å²) in [7, 11) is 0. The Balaban J connectivity index is 2.35. The zero-order valence-corrected chi connectivity index (χ0v) is 5.28. The van der Waals surface area contributed by atoms with Gasteiger partial charge in [0.15, 0.2) is 5.05 Å². The largest absolute Gasteiger partial charge is 0.500 e. The highest BCUT2D eigenvalue weighted by Gasteiger charge is 2.18. The predicted octanol–water partition coefficient (Wildman–Crippen LogP) is 1.05. The third-order valence-electron chi connectivity index (χ3n) is 1.21. The molecule has 1 rings (SSSR count). The molecule has 2 nitrogen and oxygen atoms in total. The highest BCUT2D eigenvalue weighted by atomic mass is 32.1. The van der Waals surface area contributed by atoms with Crippen molar-refractivity contribution in [1.82, 2.24) is 0 Å². The van der Waals surface area contributed by atoms with Gasteiger partial charge in [0.25, 0.3) is 0 Å². The second-order valence-electron chi connectivity index (χ2n) is 1.84. The maximum absolute atomic E-state index is 8.66. The van der Waals surface area contributed by atoms with Crippen molar-refractivity contribution in [2.24, 2.45) is 0 Å². The summed E-state index contributed by atoms with van der Waals surface area (Å²) in [6.07, 6.45) is 1.76. The number of hydrogen-bond acceptors (Lipinski definition) is 2. The van der Waals surface area contributed by atoms with Crippen LogP contribution in [0.15, 0.2) is 0 Å². The Hall–Kier alpha value is -0.150. The van der Waals surface area contributed by atoms with Crippen LogP contribution in [-0.2, 0) is 4.74 Å². The normalized spacial score (nSPS) is 28.2. The third-order valence-corrected chi connectivity index (χ3v) is 1.47. The van der Waals surface area contributed by atoms with Gasteiger partial charge in [-0.25, -0.2) is 0 Å². The first-order valence-corrected chi connectivity index (χ1v) is 3.06. The molecule has 0 aromatic carbocycles. The molecule has 0 unspecified atom stereocenters. The molecule has 1 aliphatic heterocycles. The fourth-order valence-corrected chi connectivity index (χ4v) is 0.958. The van der Waals surface area contributed by atoms with Crippen molar-refractivity contribution in [2.75, 3.05) is 6.61 Å². The summed E-state index contributed by atoms with van der Waals surface area (Å²) >= 11 is 4.49. The Labute approximate surface area is 53.5 Å². The van der Waals surface area contributed by atoms with Gasteiger partial charge in [-0.15, -0.1) is 0 Å². The summed E-state index contributed by atoms with van der Waals surface area (Å²) in [5.41, 5.74) is 0. The van der Waals surface area contributed by atoms with Crippen LogP contribution in [0.4, 0.5) is 0 Å². The van der Waals surface area contributed by atoms with Crippen molar-refractivity contribution >= 4 is 17.3 Å². The highest BCUT2D eigenvalue weighted by Crippen LogP contribution is 2.11. The number of thiocarbonyl (C=S) groups is 1. The first-order chi connectivity index (χ1) is 3.80. The molecule has 1 saturated heterocycles. The molecule has 0 aromatic heterocycles. The fourth-order valence-electron chi connectivity index (χ4n) is 0.772. The maximum Gasteiger partial charge on any atom is 0.186 e. The average Bonchev–Trinajstić information content (AvgIpc) is 2.12. The van der Waals surface area contributed by atoms with Gasteiger partial charge in [0.05, 0.1) is 0 Å². The molecule has 3 heteroatoms. The molecule has 1 atom stereocenters. The van der Waals surface area contributed by atoms with E-state index in [9.17, 15) is 0 Å². The van der Waals surface area contributed by atoms with Crippen molar-refractivity contribution in [1.29, 1.82) is 0 Å². The van der Waals surface area contributed by atoms with Crippen LogP contribution in [0.3, 0.4) is 0 Å². The Bertz CT molecular complexity index is 96.6. The smallest absolute Gasteiger partial charge is 0.186 e. The van der Waals surface area contributed by atoms with E-state index in [2.05, 4.69) is 12.2 Å². The number of rotatable bonds is 1. The first-order valence-electron chi connectivity index (χ1n) is 2.65. The Morgan fingerprint density at radius 3 is 2.75 bits per heavy atom. The zero-order chi connectivity index (χ0) is 5.98. The molecule has 1 aliphatic rings. The predicted molar refractivity (Wildman–Crippen MR) is 34.2 cm³/mol. The molecular weight excluding hydrogens is 124 g/mol. The van der Waals surface area contributed by atoms with Crippen molar-refractivity contribution in [3.8, 4) is 0 Å². The van der Waals surface area contributed by atoms with Crippen LogP contribution in [0.25, 0.3) is 0 Å². The van der Waals surface area contributed by atoms with Crippen LogP contribution in [0.5, 0.6) is 0 Å². The van der Waals surface area contributed by atoms with Crippen molar-refractivity contribution in [2.45, 2.75) is 18.9 Å². The molecule has 0 aliphatic carbocycles. The van der Waals surface area contributed by atoms with Crippen LogP contribution < -0.4 is 0 Å². The highest BCUT2D eigenvalue weighted by molar-refractivity contribution is 7.80. The molecule has 1 heterocycles. The summed E-state index contributed by atoms with van der Waals surface area (Å²) < 4.78 is 5.02. The molecular formula is C5H8O2S. The van der Waals surface area contributed by atoms with E-state index in [1.165, 1.54) is 0 Å². The third kappa shape index (κ3) is 1.17. The average molecular weight is 132 g/mol. The van der Waals surface area contributed by atoms with Crippen LogP contribution in [0.2, 0.25) is 0 Å². The van der Waals surface area contributed by atoms with Crippen molar-refractivity contribution < 1.29 is 9.84 Å². The van der Waals surface area contributed by atoms with Gasteiger partial charge in [-0.05, 0) is 25.1 Å². The molecule has 46 valence electrons. The Kier molecular flexibility index (Phi) is 1.81. The standard InChI is InChI=1S/C5H8O2S/c6-5(8)4-2-1-3-7-4/h4H,1-3H2,(H,6,8)/t4-/m1/s1. The van der Waals surface area contributed by atoms with E-state index in [4.69, 9.17) is 9.84 Å². The summed E-state index contributed by atoms with van der Waals surface area (Å²) in [6, 6.07) is 0. The number of aliphatic hydroxyl groups is 1. The number of aliphatic hydroxyl groups excluding tert-OH is 1. The molecule has 0 spiro atoms. The molecule has 0 aromatic rings. The second-order valence-corrected chi connectivity index (χ2v) is 2.26. The zero-order valence-electron chi connectivity index (χ0n) is 4.46. The summed E-state index contributed by atoms with van der Waals surface area (Å²) in [5.74, 6) is 0. The van der Waals surface area contributed by atoms with E-state index in [-0.39, 0.29) is 11.2 Å². The van der Waals surface area contributed by atoms with Gasteiger partial charge < -0.3 is 9.84 Å². The van der Waals surface area contributed by atoms with Gasteiger partial charge in [-0.1, -0.05) is 0 Å². The van der Waals surface area contributed by atoms with E-state index in [1.807, 2.05) is 0 Å². The minimum absolute atomic E-state index is 0.00231. The van der Waals surface area contributed by atoms with Crippen molar-refractivity contribution in [3.63, 3.8) is 0 Å². The Morgan fingerprint density at radius 1 is 1.75 bits per heavy atom. The summed E-state index contributed by atoms with van der Waals surface area (Å²) in [6.45, 7) is 0.741. The van der Waals surface area contributed by atoms with E-state index in [1.54, 1.807) is 0 Å². The lowest BCUT2D eigenvalue weighted by Crippen LogP contribution is -2.15. The van der Waals surface area contributed by atoms with Gasteiger partial charge >= 0.3 is 0 Å². The lowest BCUT2D eigenvalue weighted by atomic mass is 10.2. The first kappa shape index (κ1) is 5.98. The molecule has 1 N–H and O–H groups in total. The van der Waals surface area contributed by atoms with Crippen LogP contribution in [-0.4, -0.2) is 22.9 Å². The summed E-state index contributed by atoms with van der Waals surface area (Å²) in [4.78, 5) is 0. The van der Waals surface area contributed by atoms with Crippen molar-refractivity contribution in [3.05, 3.63) is 0 Å². The molecule has 8 heavy (non-hydrogen) atoms. The van der Waals surface area contributed by atoms with E-state index in [0.717, 1.165) is 19.4 Å². The Morgan fingerprint density at radius 2 is 2.50 bits per heavy atom. The quantitative estimate of drug-likeness (QED) is 0.541. The number of ether oxygens (including phenoxy) is 1. The monoisotopic (exact) mass is 132 g/mol. The van der Waals surface area contributed by atoms with Gasteiger partial charge in [0, 0.05) is 6.61 Å². The minimum Gasteiger partial charge on any atom is -0.500 e. The second kappa shape index (κ2) is 2.42. The maximum atomic E-state index is 8.66. The minimum atomic E-state index is -0.148. The molecule has 0 radical (unpaired) electrons. The van der Waals surface area contributed by atoms with Gasteiger partial charge in [-0.2, -0.15) is 0 Å². The molecule has 0 bridgehead atoms. The molecule has 0 amide bonds. The summed E-state index contributed by atoms with van der Waals surface area (Å²) in [5, 5.41) is 8.66. The van der Waals surface area contributed by atoms with Crippen LogP contribution >= 0.6 is 12.2 Å². The lowest BCUT2D eigenvalue weighted by Gasteiger charge is -2.02. The molecule has 0 saturated carbocycles. The van der Waals surface area contributed by atoms with E-state index >= 15 is 0 Å². The fraction of sp³-hybridized carbons (Fsp3) is 0.800. The van der Waals surface area contributed by atoms with Gasteiger partial charge in [0.2, 0.25) is 0 Å². The van der Waals surface area contributed by atoms with Crippen LogP contribution in [0.1, 0.15) is 12.8 Å².